The molecule has 0 aliphatic heterocycles. The molecule has 5 rings (SSSR count). The van der Waals surface area contributed by atoms with Gasteiger partial charge in [-0.2, -0.15) is 8.42 Å². The normalized spacial score (nSPS) is 39.2. The van der Waals surface area contributed by atoms with E-state index in [0.717, 1.165) is 47.8 Å². The summed E-state index contributed by atoms with van der Waals surface area (Å²) in [5, 5.41) is 8.66. The van der Waals surface area contributed by atoms with Crippen LogP contribution in [-0.2, 0) is 20.9 Å². The molecule has 1 aromatic rings. The molecule has 9 atom stereocenters. The molecular weight excluding hydrogens is 504 g/mol. The second-order valence-electron chi connectivity index (χ2n) is 15.2. The topological polar surface area (TPSA) is 63.6 Å². The molecule has 220 valence electrons. The molecule has 4 fully saturated rings. The van der Waals surface area contributed by atoms with Crippen LogP contribution in [0.15, 0.2) is 29.2 Å². The summed E-state index contributed by atoms with van der Waals surface area (Å²) < 4.78 is 27.2. The van der Waals surface area contributed by atoms with E-state index in [1.165, 1.54) is 82.6 Å². The van der Waals surface area contributed by atoms with Crippen LogP contribution in [0.1, 0.15) is 117 Å². The van der Waals surface area contributed by atoms with Gasteiger partial charge in [0.05, 0.1) is 4.90 Å². The Labute approximate surface area is 238 Å². The highest BCUT2D eigenvalue weighted by Gasteiger charge is 2.60. The van der Waals surface area contributed by atoms with Crippen molar-refractivity contribution in [2.24, 2.45) is 58.2 Å². The molecule has 4 aliphatic rings. The highest BCUT2D eigenvalue weighted by molar-refractivity contribution is 7.86. The maximum absolute atomic E-state index is 11.7. The highest BCUT2D eigenvalue weighted by Crippen LogP contribution is 2.68. The molecule has 8 unspecified atom stereocenters. The standard InChI is InChI=1S/C34H54O4S/c1-23(2)7-6-8-24(3)30-15-16-31-29-14-11-27-22-26(17-19-33(27,4)32(29)18-20-34(30,31)5)21-25-9-12-28(13-10-25)39(36,37)38-35/h9-10,12-13,23-24,26-27,29-32,35H,6-8,11,14-22H2,1-5H3/t24?,26?,27?,29?,30?,31?,32?,33?,34-/m1/s1. The van der Waals surface area contributed by atoms with Gasteiger partial charge in [0.15, 0.2) is 0 Å². The van der Waals surface area contributed by atoms with Crippen molar-refractivity contribution in [3.8, 4) is 0 Å². The molecule has 4 saturated carbocycles. The largest absolute Gasteiger partial charge is 0.323 e. The molecule has 0 spiro atoms. The van der Waals surface area contributed by atoms with Gasteiger partial charge in [-0.15, -0.1) is 4.33 Å². The number of fused-ring (bicyclic) bond motifs is 5. The number of rotatable bonds is 9. The minimum Gasteiger partial charge on any atom is -0.235 e. The van der Waals surface area contributed by atoms with Crippen molar-refractivity contribution >= 4 is 10.1 Å². The van der Waals surface area contributed by atoms with Gasteiger partial charge < -0.3 is 0 Å². The summed E-state index contributed by atoms with van der Waals surface area (Å²) in [4.78, 5) is 0.00620. The predicted molar refractivity (Wildman–Crippen MR) is 158 cm³/mol. The molecule has 4 aliphatic carbocycles. The molecule has 1 N–H and O–H groups in total. The SMILES string of the molecule is CC(C)CCCC(C)C1CCC2C3CCC4CC(Cc5ccc(S(=O)(=O)OO)cc5)CCC4(C)C3CC[C@]12C. The fraction of sp³-hybridized carbons (Fsp3) is 0.824. The van der Waals surface area contributed by atoms with Gasteiger partial charge in [-0.1, -0.05) is 66.0 Å². The van der Waals surface area contributed by atoms with Gasteiger partial charge in [0.25, 0.3) is 0 Å². The summed E-state index contributed by atoms with van der Waals surface area (Å²) >= 11 is 0. The highest BCUT2D eigenvalue weighted by atomic mass is 32.2. The zero-order chi connectivity index (χ0) is 28.0. The van der Waals surface area contributed by atoms with Crippen LogP contribution >= 0.6 is 0 Å². The summed E-state index contributed by atoms with van der Waals surface area (Å²) in [7, 11) is -4.05. The fourth-order valence-corrected chi connectivity index (χ4v) is 11.3. The Balaban J connectivity index is 1.21. The Morgan fingerprint density at radius 2 is 1.59 bits per heavy atom. The van der Waals surface area contributed by atoms with Gasteiger partial charge in [-0.25, -0.2) is 5.26 Å². The first-order valence-corrected chi connectivity index (χ1v) is 17.6. The summed E-state index contributed by atoms with van der Waals surface area (Å²) in [5.41, 5.74) is 2.25. The second-order valence-corrected chi connectivity index (χ2v) is 16.7. The fourth-order valence-electron chi connectivity index (χ4n) is 10.7. The van der Waals surface area contributed by atoms with E-state index >= 15 is 0 Å². The van der Waals surface area contributed by atoms with E-state index in [4.69, 9.17) is 5.26 Å². The van der Waals surface area contributed by atoms with Gasteiger partial charge in [0.2, 0.25) is 0 Å². The molecule has 0 aromatic heterocycles. The summed E-state index contributed by atoms with van der Waals surface area (Å²) in [6.07, 6.45) is 17.9. The van der Waals surface area contributed by atoms with Gasteiger partial charge in [-0.3, -0.25) is 0 Å². The first-order chi connectivity index (χ1) is 18.5. The van der Waals surface area contributed by atoms with E-state index in [9.17, 15) is 8.42 Å². The van der Waals surface area contributed by atoms with E-state index in [1.54, 1.807) is 12.1 Å². The molecule has 1 aromatic carbocycles. The van der Waals surface area contributed by atoms with Gasteiger partial charge in [0, 0.05) is 0 Å². The lowest BCUT2D eigenvalue weighted by Gasteiger charge is -2.61. The maximum atomic E-state index is 11.7. The Kier molecular flexibility index (Phi) is 8.65. The maximum Gasteiger partial charge on any atom is 0.323 e. The van der Waals surface area contributed by atoms with Crippen LogP contribution in [0.2, 0.25) is 0 Å². The Hall–Kier alpha value is -0.910. The van der Waals surface area contributed by atoms with Crippen LogP contribution in [0.25, 0.3) is 0 Å². The smallest absolute Gasteiger partial charge is 0.235 e. The van der Waals surface area contributed by atoms with Crippen molar-refractivity contribution < 1.29 is 18.0 Å². The Morgan fingerprint density at radius 3 is 2.28 bits per heavy atom. The average Bonchev–Trinajstić information content (AvgIpc) is 3.26. The van der Waals surface area contributed by atoms with E-state index in [1.807, 2.05) is 12.1 Å². The lowest BCUT2D eigenvalue weighted by Crippen LogP contribution is -2.53. The molecule has 39 heavy (non-hydrogen) atoms. The minimum atomic E-state index is -4.05. The number of benzene rings is 1. The third kappa shape index (κ3) is 5.63. The van der Waals surface area contributed by atoms with E-state index < -0.39 is 10.1 Å². The summed E-state index contributed by atoms with van der Waals surface area (Å²) in [5.74, 6) is 6.94. The quantitative estimate of drug-likeness (QED) is 0.242. The minimum absolute atomic E-state index is 0.00620. The van der Waals surface area contributed by atoms with Crippen LogP contribution in [-0.4, -0.2) is 13.7 Å². The molecule has 0 saturated heterocycles. The van der Waals surface area contributed by atoms with E-state index in [2.05, 4.69) is 39.0 Å². The number of hydrogen-bond acceptors (Lipinski definition) is 4. The summed E-state index contributed by atoms with van der Waals surface area (Å²) in [6.45, 7) is 12.7. The molecule has 0 heterocycles. The van der Waals surface area contributed by atoms with Crippen molar-refractivity contribution in [2.75, 3.05) is 0 Å². The molecular formula is C34H54O4S. The van der Waals surface area contributed by atoms with Gasteiger partial charge >= 0.3 is 10.1 Å². The zero-order valence-electron chi connectivity index (χ0n) is 25.2. The predicted octanol–water partition coefficient (Wildman–Crippen LogP) is 9.14. The molecule has 0 radical (unpaired) electrons. The first kappa shape index (κ1) is 29.6. The zero-order valence-corrected chi connectivity index (χ0v) is 26.0. The van der Waals surface area contributed by atoms with Gasteiger partial charge in [-0.05, 0) is 140 Å². The van der Waals surface area contributed by atoms with Crippen molar-refractivity contribution in [3.63, 3.8) is 0 Å². The summed E-state index contributed by atoms with van der Waals surface area (Å²) in [6, 6.07) is 6.88. The Morgan fingerprint density at radius 1 is 0.897 bits per heavy atom. The lowest BCUT2D eigenvalue weighted by atomic mass is 9.44. The van der Waals surface area contributed by atoms with Crippen molar-refractivity contribution in [2.45, 2.75) is 123 Å². The van der Waals surface area contributed by atoms with Crippen molar-refractivity contribution in [3.05, 3.63) is 29.8 Å². The van der Waals surface area contributed by atoms with Gasteiger partial charge in [0.1, 0.15) is 0 Å². The average molecular weight is 559 g/mol. The molecule has 4 nitrogen and oxygen atoms in total. The van der Waals surface area contributed by atoms with Crippen LogP contribution in [0.3, 0.4) is 0 Å². The molecule has 5 heteroatoms. The Bertz CT molecular complexity index is 1080. The molecule has 0 bridgehead atoms. The van der Waals surface area contributed by atoms with Crippen molar-refractivity contribution in [1.82, 2.24) is 0 Å². The van der Waals surface area contributed by atoms with Crippen LogP contribution in [0.4, 0.5) is 0 Å². The van der Waals surface area contributed by atoms with Crippen molar-refractivity contribution in [1.29, 1.82) is 0 Å². The van der Waals surface area contributed by atoms with Crippen LogP contribution in [0, 0.1) is 58.2 Å². The third-order valence-corrected chi connectivity index (χ3v) is 13.9. The van der Waals surface area contributed by atoms with E-state index in [-0.39, 0.29) is 4.90 Å². The van der Waals surface area contributed by atoms with Crippen LogP contribution < -0.4 is 0 Å². The second kappa shape index (κ2) is 11.4. The lowest BCUT2D eigenvalue weighted by molar-refractivity contribution is -0.130. The molecule has 0 amide bonds. The number of hydrogen-bond donors (Lipinski definition) is 1. The third-order valence-electron chi connectivity index (χ3n) is 12.8. The first-order valence-electron chi connectivity index (χ1n) is 16.1. The van der Waals surface area contributed by atoms with E-state index in [0.29, 0.717) is 16.7 Å². The van der Waals surface area contributed by atoms with Crippen LogP contribution in [0.5, 0.6) is 0 Å². The monoisotopic (exact) mass is 558 g/mol.